The monoisotopic (exact) mass is 252 g/mol. The van der Waals surface area contributed by atoms with E-state index in [2.05, 4.69) is 17.6 Å². The molecule has 0 aliphatic carbocycles. The highest BCUT2D eigenvalue weighted by Gasteiger charge is 2.01. The first-order valence-electron chi connectivity index (χ1n) is 6.43. The molecule has 0 saturated carbocycles. The van der Waals surface area contributed by atoms with Gasteiger partial charge in [0.05, 0.1) is 14.2 Å². The lowest BCUT2D eigenvalue weighted by Gasteiger charge is -2.09. The van der Waals surface area contributed by atoms with Crippen molar-refractivity contribution < 1.29 is 9.47 Å². The van der Waals surface area contributed by atoms with Crippen molar-refractivity contribution in [1.29, 1.82) is 0 Å². The van der Waals surface area contributed by atoms with Crippen molar-refractivity contribution in [1.82, 2.24) is 10.6 Å². The molecule has 1 aromatic rings. The summed E-state index contributed by atoms with van der Waals surface area (Å²) in [5.74, 6) is 1.66. The van der Waals surface area contributed by atoms with E-state index in [0.717, 1.165) is 37.7 Å². The maximum absolute atomic E-state index is 5.24. The molecule has 102 valence electrons. The van der Waals surface area contributed by atoms with Gasteiger partial charge in [0, 0.05) is 25.7 Å². The van der Waals surface area contributed by atoms with Crippen LogP contribution in [0.1, 0.15) is 18.9 Å². The van der Waals surface area contributed by atoms with Gasteiger partial charge in [-0.1, -0.05) is 6.92 Å². The lowest BCUT2D eigenvalue weighted by molar-refractivity contribution is 0.393. The van der Waals surface area contributed by atoms with Gasteiger partial charge < -0.3 is 20.1 Å². The largest absolute Gasteiger partial charge is 0.497 e. The van der Waals surface area contributed by atoms with Gasteiger partial charge in [0.2, 0.25) is 0 Å². The summed E-state index contributed by atoms with van der Waals surface area (Å²) in [6, 6.07) is 5.93. The second-order valence-electron chi connectivity index (χ2n) is 4.15. The standard InChI is InChI=1S/C14H24N2O2/c1-4-5-15-6-7-16-11-12-8-13(17-2)10-14(9-12)18-3/h8-10,15-16H,4-7,11H2,1-3H3. The molecule has 1 aromatic carbocycles. The number of hydrogen-bond acceptors (Lipinski definition) is 4. The fourth-order valence-corrected chi connectivity index (χ4v) is 1.68. The predicted molar refractivity (Wildman–Crippen MR) is 74.4 cm³/mol. The lowest BCUT2D eigenvalue weighted by Crippen LogP contribution is -2.27. The summed E-state index contributed by atoms with van der Waals surface area (Å²) >= 11 is 0. The average molecular weight is 252 g/mol. The van der Waals surface area contributed by atoms with Gasteiger partial charge in [-0.3, -0.25) is 0 Å². The molecule has 0 radical (unpaired) electrons. The molecule has 0 aliphatic rings. The fourth-order valence-electron chi connectivity index (χ4n) is 1.68. The molecule has 0 bridgehead atoms. The predicted octanol–water partition coefficient (Wildman–Crippen LogP) is 1.79. The molecule has 4 heteroatoms. The minimum absolute atomic E-state index is 0.821. The Morgan fingerprint density at radius 1 is 0.889 bits per heavy atom. The quantitative estimate of drug-likeness (QED) is 0.658. The van der Waals surface area contributed by atoms with Crippen molar-refractivity contribution in [2.75, 3.05) is 33.9 Å². The molecule has 0 atom stereocenters. The summed E-state index contributed by atoms with van der Waals surface area (Å²) in [4.78, 5) is 0. The highest BCUT2D eigenvalue weighted by Crippen LogP contribution is 2.22. The zero-order valence-corrected chi connectivity index (χ0v) is 11.6. The smallest absolute Gasteiger partial charge is 0.122 e. The zero-order chi connectivity index (χ0) is 13.2. The molecule has 0 aromatic heterocycles. The van der Waals surface area contributed by atoms with Crippen LogP contribution < -0.4 is 20.1 Å². The van der Waals surface area contributed by atoms with Crippen LogP contribution in [0.15, 0.2) is 18.2 Å². The van der Waals surface area contributed by atoms with E-state index in [-0.39, 0.29) is 0 Å². The van der Waals surface area contributed by atoms with E-state index < -0.39 is 0 Å². The molecule has 0 unspecified atom stereocenters. The molecule has 0 saturated heterocycles. The zero-order valence-electron chi connectivity index (χ0n) is 11.6. The Kier molecular flexibility index (Phi) is 7.22. The van der Waals surface area contributed by atoms with Crippen molar-refractivity contribution in [2.24, 2.45) is 0 Å². The highest BCUT2D eigenvalue weighted by molar-refractivity contribution is 5.38. The Balaban J connectivity index is 2.36. The minimum atomic E-state index is 0.821. The van der Waals surface area contributed by atoms with E-state index in [1.807, 2.05) is 18.2 Å². The third kappa shape index (κ3) is 5.38. The van der Waals surface area contributed by atoms with Gasteiger partial charge in [0.1, 0.15) is 11.5 Å². The van der Waals surface area contributed by atoms with Crippen LogP contribution in [-0.2, 0) is 6.54 Å². The van der Waals surface area contributed by atoms with Gasteiger partial charge in [-0.15, -0.1) is 0 Å². The van der Waals surface area contributed by atoms with Crippen LogP contribution in [-0.4, -0.2) is 33.9 Å². The lowest BCUT2D eigenvalue weighted by atomic mass is 10.2. The molecule has 0 fully saturated rings. The average Bonchev–Trinajstić information content (AvgIpc) is 2.42. The SMILES string of the molecule is CCCNCCNCc1cc(OC)cc(OC)c1. The molecule has 0 amide bonds. The summed E-state index contributed by atoms with van der Waals surface area (Å²) in [5, 5.41) is 6.74. The van der Waals surface area contributed by atoms with Gasteiger partial charge in [0.25, 0.3) is 0 Å². The summed E-state index contributed by atoms with van der Waals surface area (Å²) in [6.45, 7) is 6.02. The fraction of sp³-hybridized carbons (Fsp3) is 0.571. The Bertz CT molecular complexity index is 320. The molecule has 4 nitrogen and oxygen atoms in total. The molecule has 0 heterocycles. The Morgan fingerprint density at radius 3 is 2.06 bits per heavy atom. The number of hydrogen-bond donors (Lipinski definition) is 2. The number of benzene rings is 1. The summed E-state index contributed by atoms with van der Waals surface area (Å²) < 4.78 is 10.5. The molecule has 1 rings (SSSR count). The van der Waals surface area contributed by atoms with E-state index in [1.54, 1.807) is 14.2 Å². The molecule has 18 heavy (non-hydrogen) atoms. The maximum Gasteiger partial charge on any atom is 0.122 e. The van der Waals surface area contributed by atoms with E-state index >= 15 is 0 Å². The van der Waals surface area contributed by atoms with Crippen LogP contribution in [0.4, 0.5) is 0 Å². The van der Waals surface area contributed by atoms with Crippen LogP contribution >= 0.6 is 0 Å². The van der Waals surface area contributed by atoms with Gasteiger partial charge in [-0.05, 0) is 30.7 Å². The van der Waals surface area contributed by atoms with Crippen LogP contribution in [0, 0.1) is 0 Å². The second kappa shape index (κ2) is 8.78. The van der Waals surface area contributed by atoms with Crippen molar-refractivity contribution in [3.05, 3.63) is 23.8 Å². The molecule has 0 spiro atoms. The summed E-state index contributed by atoms with van der Waals surface area (Å²) in [6.07, 6.45) is 1.17. The van der Waals surface area contributed by atoms with Crippen molar-refractivity contribution in [2.45, 2.75) is 19.9 Å². The van der Waals surface area contributed by atoms with E-state index in [9.17, 15) is 0 Å². The number of nitrogens with one attached hydrogen (secondary N) is 2. The van der Waals surface area contributed by atoms with E-state index in [0.29, 0.717) is 0 Å². The third-order valence-electron chi connectivity index (χ3n) is 2.65. The maximum atomic E-state index is 5.24. The van der Waals surface area contributed by atoms with Crippen LogP contribution in [0.2, 0.25) is 0 Å². The van der Waals surface area contributed by atoms with Crippen LogP contribution in [0.5, 0.6) is 11.5 Å². The van der Waals surface area contributed by atoms with E-state index in [4.69, 9.17) is 9.47 Å². The third-order valence-corrected chi connectivity index (χ3v) is 2.65. The Hall–Kier alpha value is -1.26. The van der Waals surface area contributed by atoms with Gasteiger partial charge in [-0.2, -0.15) is 0 Å². The number of ether oxygens (including phenoxy) is 2. The molecule has 2 N–H and O–H groups in total. The Labute approximate surface area is 110 Å². The van der Waals surface area contributed by atoms with Crippen molar-refractivity contribution in [3.63, 3.8) is 0 Å². The normalized spacial score (nSPS) is 10.4. The highest BCUT2D eigenvalue weighted by atomic mass is 16.5. The first-order chi connectivity index (χ1) is 8.80. The first-order valence-corrected chi connectivity index (χ1v) is 6.43. The van der Waals surface area contributed by atoms with Gasteiger partial charge in [-0.25, -0.2) is 0 Å². The summed E-state index contributed by atoms with van der Waals surface area (Å²) in [5.41, 5.74) is 1.17. The Morgan fingerprint density at radius 2 is 1.50 bits per heavy atom. The first kappa shape index (κ1) is 14.8. The minimum Gasteiger partial charge on any atom is -0.497 e. The number of rotatable bonds is 9. The molecular weight excluding hydrogens is 228 g/mol. The second-order valence-corrected chi connectivity index (χ2v) is 4.15. The molecule has 0 aliphatic heterocycles. The van der Waals surface area contributed by atoms with Crippen molar-refractivity contribution >= 4 is 0 Å². The van der Waals surface area contributed by atoms with E-state index in [1.165, 1.54) is 12.0 Å². The van der Waals surface area contributed by atoms with Gasteiger partial charge >= 0.3 is 0 Å². The van der Waals surface area contributed by atoms with Crippen LogP contribution in [0.3, 0.4) is 0 Å². The summed E-state index contributed by atoms with van der Waals surface area (Å²) in [7, 11) is 3.33. The van der Waals surface area contributed by atoms with Crippen LogP contribution in [0.25, 0.3) is 0 Å². The molecular formula is C14H24N2O2. The van der Waals surface area contributed by atoms with Gasteiger partial charge in [0.15, 0.2) is 0 Å². The van der Waals surface area contributed by atoms with Crippen molar-refractivity contribution in [3.8, 4) is 11.5 Å². The topological polar surface area (TPSA) is 42.5 Å². The number of methoxy groups -OCH3 is 2.